The molecule has 1 aromatic heterocycles. The number of hydrogen-bond donors (Lipinski definition) is 0. The summed E-state index contributed by atoms with van der Waals surface area (Å²) < 4.78 is 17.7. The van der Waals surface area contributed by atoms with Crippen molar-refractivity contribution in [2.24, 2.45) is 5.92 Å². The molecule has 2 heterocycles. The highest BCUT2D eigenvalue weighted by molar-refractivity contribution is 5.81. The summed E-state index contributed by atoms with van der Waals surface area (Å²) in [6, 6.07) is 3.42. The number of rotatable bonds is 4. The fourth-order valence-corrected chi connectivity index (χ4v) is 2.85. The molecule has 0 N–H and O–H groups in total. The summed E-state index contributed by atoms with van der Waals surface area (Å²) in [7, 11) is 3.12. The second kappa shape index (κ2) is 6.36. The summed E-state index contributed by atoms with van der Waals surface area (Å²) in [5, 5.41) is 0.539. The van der Waals surface area contributed by atoms with Gasteiger partial charge in [-0.15, -0.1) is 0 Å². The van der Waals surface area contributed by atoms with E-state index in [-0.39, 0.29) is 5.56 Å². The normalized spacial score (nSPS) is 18.4. The zero-order valence-corrected chi connectivity index (χ0v) is 12.9. The first-order chi connectivity index (χ1) is 10.7. The van der Waals surface area contributed by atoms with Crippen LogP contribution in [0.15, 0.2) is 23.3 Å². The Hall–Kier alpha value is -2.08. The number of fused-ring (bicyclic) bond motifs is 1. The Bertz CT molecular complexity index is 720. The van der Waals surface area contributed by atoms with Gasteiger partial charge < -0.3 is 14.2 Å². The first kappa shape index (κ1) is 14.8. The van der Waals surface area contributed by atoms with Gasteiger partial charge in [-0.2, -0.15) is 0 Å². The predicted molar refractivity (Wildman–Crippen MR) is 82.7 cm³/mol. The van der Waals surface area contributed by atoms with Crippen LogP contribution >= 0.6 is 0 Å². The van der Waals surface area contributed by atoms with Crippen molar-refractivity contribution >= 4 is 10.9 Å². The maximum Gasteiger partial charge on any atom is 0.261 e. The van der Waals surface area contributed by atoms with E-state index in [1.807, 2.05) is 0 Å². The van der Waals surface area contributed by atoms with E-state index >= 15 is 0 Å². The van der Waals surface area contributed by atoms with Gasteiger partial charge in [0.15, 0.2) is 11.5 Å². The topological polar surface area (TPSA) is 62.6 Å². The Labute approximate surface area is 128 Å². The Morgan fingerprint density at radius 3 is 2.77 bits per heavy atom. The van der Waals surface area contributed by atoms with Gasteiger partial charge in [0.25, 0.3) is 5.56 Å². The zero-order chi connectivity index (χ0) is 15.5. The fourth-order valence-electron chi connectivity index (χ4n) is 2.85. The minimum Gasteiger partial charge on any atom is -0.493 e. The highest BCUT2D eigenvalue weighted by Gasteiger charge is 2.17. The SMILES string of the molecule is COc1cc2ncn(C[C@@H]3CCCOC3)c(=O)c2cc1OC. The molecule has 6 nitrogen and oxygen atoms in total. The second-order valence-corrected chi connectivity index (χ2v) is 5.51. The van der Waals surface area contributed by atoms with Crippen molar-refractivity contribution in [2.45, 2.75) is 19.4 Å². The average molecular weight is 304 g/mol. The van der Waals surface area contributed by atoms with Crippen molar-refractivity contribution < 1.29 is 14.2 Å². The number of benzene rings is 1. The first-order valence-corrected chi connectivity index (χ1v) is 7.42. The summed E-state index contributed by atoms with van der Waals surface area (Å²) >= 11 is 0. The molecule has 0 bridgehead atoms. The van der Waals surface area contributed by atoms with Gasteiger partial charge in [0, 0.05) is 25.1 Å². The van der Waals surface area contributed by atoms with Gasteiger partial charge in [0.05, 0.1) is 38.1 Å². The molecule has 3 rings (SSSR count). The highest BCUT2D eigenvalue weighted by Crippen LogP contribution is 2.29. The third-order valence-electron chi connectivity index (χ3n) is 4.04. The molecule has 2 aromatic rings. The smallest absolute Gasteiger partial charge is 0.261 e. The number of nitrogens with zero attached hydrogens (tertiary/aromatic N) is 2. The van der Waals surface area contributed by atoms with Crippen molar-refractivity contribution in [3.8, 4) is 11.5 Å². The Kier molecular flexibility index (Phi) is 4.29. The number of ether oxygens (including phenoxy) is 3. The van der Waals surface area contributed by atoms with Gasteiger partial charge in [-0.05, 0) is 18.9 Å². The van der Waals surface area contributed by atoms with Crippen molar-refractivity contribution in [3.63, 3.8) is 0 Å². The van der Waals surface area contributed by atoms with Gasteiger partial charge in [-0.1, -0.05) is 0 Å². The number of hydrogen-bond acceptors (Lipinski definition) is 5. The Morgan fingerprint density at radius 1 is 1.32 bits per heavy atom. The molecule has 0 spiro atoms. The molecule has 1 aromatic carbocycles. The molecule has 1 aliphatic rings. The lowest BCUT2D eigenvalue weighted by Crippen LogP contribution is -2.28. The third-order valence-corrected chi connectivity index (χ3v) is 4.04. The Morgan fingerprint density at radius 2 is 2.09 bits per heavy atom. The molecular formula is C16H20N2O4. The molecule has 0 amide bonds. The minimum atomic E-state index is -0.0588. The molecule has 1 aliphatic heterocycles. The molecular weight excluding hydrogens is 284 g/mol. The van der Waals surface area contributed by atoms with Gasteiger partial charge in [-0.25, -0.2) is 4.98 Å². The van der Waals surface area contributed by atoms with Gasteiger partial charge in [0.1, 0.15) is 0 Å². The summed E-state index contributed by atoms with van der Waals surface area (Å²) in [5.74, 6) is 1.47. The van der Waals surface area contributed by atoms with Gasteiger partial charge in [0.2, 0.25) is 0 Å². The van der Waals surface area contributed by atoms with Crippen molar-refractivity contribution in [2.75, 3.05) is 27.4 Å². The molecule has 0 unspecified atom stereocenters. The molecule has 118 valence electrons. The molecule has 0 radical (unpaired) electrons. The molecule has 22 heavy (non-hydrogen) atoms. The molecule has 6 heteroatoms. The minimum absolute atomic E-state index is 0.0588. The van der Waals surface area contributed by atoms with Crippen LogP contribution in [0.1, 0.15) is 12.8 Å². The largest absolute Gasteiger partial charge is 0.493 e. The quantitative estimate of drug-likeness (QED) is 0.862. The van der Waals surface area contributed by atoms with E-state index in [4.69, 9.17) is 14.2 Å². The highest BCUT2D eigenvalue weighted by atomic mass is 16.5. The molecule has 1 saturated heterocycles. The first-order valence-electron chi connectivity index (χ1n) is 7.42. The van der Waals surface area contributed by atoms with Crippen LogP contribution in [0.4, 0.5) is 0 Å². The van der Waals surface area contributed by atoms with Gasteiger partial charge >= 0.3 is 0 Å². The summed E-state index contributed by atoms with van der Waals surface area (Å²) in [4.78, 5) is 17.0. The van der Waals surface area contributed by atoms with Crippen LogP contribution in [0.3, 0.4) is 0 Å². The second-order valence-electron chi connectivity index (χ2n) is 5.51. The monoisotopic (exact) mass is 304 g/mol. The van der Waals surface area contributed by atoms with E-state index in [9.17, 15) is 4.79 Å². The lowest BCUT2D eigenvalue weighted by Gasteiger charge is -2.22. The van der Waals surface area contributed by atoms with Crippen LogP contribution < -0.4 is 15.0 Å². The van der Waals surface area contributed by atoms with Crippen molar-refractivity contribution in [1.29, 1.82) is 0 Å². The van der Waals surface area contributed by atoms with E-state index in [1.54, 1.807) is 37.2 Å². The summed E-state index contributed by atoms with van der Waals surface area (Å²) in [5.41, 5.74) is 0.551. The molecule has 0 saturated carbocycles. The third kappa shape index (κ3) is 2.78. The Balaban J connectivity index is 1.99. The van der Waals surface area contributed by atoms with Gasteiger partial charge in [-0.3, -0.25) is 9.36 Å². The van der Waals surface area contributed by atoms with E-state index in [0.717, 1.165) is 19.4 Å². The molecule has 1 atom stereocenters. The van der Waals surface area contributed by atoms with Crippen molar-refractivity contribution in [1.82, 2.24) is 9.55 Å². The van der Waals surface area contributed by atoms with E-state index < -0.39 is 0 Å². The number of aromatic nitrogens is 2. The summed E-state index contributed by atoms with van der Waals surface area (Å²) in [6.45, 7) is 2.16. The average Bonchev–Trinajstić information content (AvgIpc) is 2.57. The molecule has 0 aliphatic carbocycles. The van der Waals surface area contributed by atoms with Crippen LogP contribution in [0.5, 0.6) is 11.5 Å². The maximum absolute atomic E-state index is 12.7. The maximum atomic E-state index is 12.7. The van der Waals surface area contributed by atoms with Crippen LogP contribution in [0.2, 0.25) is 0 Å². The zero-order valence-electron chi connectivity index (χ0n) is 12.9. The van der Waals surface area contributed by atoms with E-state index in [1.165, 1.54) is 0 Å². The van der Waals surface area contributed by atoms with E-state index in [0.29, 0.717) is 41.5 Å². The van der Waals surface area contributed by atoms with Crippen LogP contribution in [0.25, 0.3) is 10.9 Å². The van der Waals surface area contributed by atoms with Crippen LogP contribution in [0, 0.1) is 5.92 Å². The van der Waals surface area contributed by atoms with Crippen LogP contribution in [-0.2, 0) is 11.3 Å². The lowest BCUT2D eigenvalue weighted by molar-refractivity contribution is 0.0479. The molecule has 1 fully saturated rings. The van der Waals surface area contributed by atoms with Crippen LogP contribution in [-0.4, -0.2) is 37.0 Å². The predicted octanol–water partition coefficient (Wildman–Crippen LogP) is 1.84. The number of methoxy groups -OCH3 is 2. The van der Waals surface area contributed by atoms with Crippen molar-refractivity contribution in [3.05, 3.63) is 28.8 Å². The standard InChI is InChI=1S/C16H20N2O4/c1-20-14-6-12-13(7-15(14)21-2)17-10-18(16(12)19)8-11-4-3-5-22-9-11/h6-7,10-11H,3-5,8-9H2,1-2H3/t11-/m0/s1. The van der Waals surface area contributed by atoms with E-state index in [2.05, 4.69) is 4.98 Å². The fraction of sp³-hybridized carbons (Fsp3) is 0.500. The summed E-state index contributed by atoms with van der Waals surface area (Å²) in [6.07, 6.45) is 3.73. The lowest BCUT2D eigenvalue weighted by atomic mass is 10.0.